The lowest BCUT2D eigenvalue weighted by atomic mass is 10.1. The maximum atomic E-state index is 13.7. The minimum atomic E-state index is -0.667. The number of carbonyl (C=O) groups excluding carboxylic acids is 2. The van der Waals surface area contributed by atoms with Gasteiger partial charge in [0, 0.05) is 15.6 Å². The van der Waals surface area contributed by atoms with Gasteiger partial charge in [-0.25, -0.2) is 9.18 Å². The Bertz CT molecular complexity index is 979. The number of benzene rings is 2. The number of rotatable bonds is 6. The summed E-state index contributed by atoms with van der Waals surface area (Å²) in [7, 11) is 2.96. The predicted octanol–water partition coefficient (Wildman–Crippen LogP) is 4.10. The molecule has 0 saturated heterocycles. The summed E-state index contributed by atoms with van der Waals surface area (Å²) < 4.78 is 29.7. The zero-order valence-corrected chi connectivity index (χ0v) is 14.9. The molecule has 134 valence electrons. The van der Waals surface area contributed by atoms with Gasteiger partial charge in [0.25, 0.3) is 0 Å². The van der Waals surface area contributed by atoms with E-state index in [4.69, 9.17) is 14.2 Å². The van der Waals surface area contributed by atoms with Crippen LogP contribution in [0.5, 0.6) is 11.5 Å². The summed E-state index contributed by atoms with van der Waals surface area (Å²) in [6.07, 6.45) is 0. The Balaban J connectivity index is 1.70. The van der Waals surface area contributed by atoms with Crippen LogP contribution >= 0.6 is 11.3 Å². The SMILES string of the molecule is COc1ccc(C(=O)COC(=O)c2cc3c(F)cccc3s2)cc1OC. The van der Waals surface area contributed by atoms with E-state index < -0.39 is 18.4 Å². The van der Waals surface area contributed by atoms with Crippen LogP contribution in [0.4, 0.5) is 4.39 Å². The van der Waals surface area contributed by atoms with Gasteiger partial charge in [-0.3, -0.25) is 4.79 Å². The zero-order valence-electron chi connectivity index (χ0n) is 14.1. The second kappa shape index (κ2) is 7.53. The van der Waals surface area contributed by atoms with Crippen LogP contribution in [0.1, 0.15) is 20.0 Å². The summed E-state index contributed by atoms with van der Waals surface area (Å²) in [5, 5.41) is 0.357. The summed E-state index contributed by atoms with van der Waals surface area (Å²) in [4.78, 5) is 24.6. The number of Topliss-reactive ketones (excluding diaryl/α,β-unsaturated/α-hetero) is 1. The van der Waals surface area contributed by atoms with Gasteiger partial charge in [0.15, 0.2) is 23.9 Å². The van der Waals surface area contributed by atoms with Crippen LogP contribution < -0.4 is 9.47 Å². The average molecular weight is 374 g/mol. The third-order valence-corrected chi connectivity index (χ3v) is 4.83. The van der Waals surface area contributed by atoms with Crippen LogP contribution in [0.15, 0.2) is 42.5 Å². The minimum Gasteiger partial charge on any atom is -0.493 e. The largest absolute Gasteiger partial charge is 0.493 e. The number of ketones is 1. The van der Waals surface area contributed by atoms with Crippen molar-refractivity contribution in [3.05, 3.63) is 58.7 Å². The molecular formula is C19H15FO5S. The van der Waals surface area contributed by atoms with Crippen molar-refractivity contribution in [2.45, 2.75) is 0 Å². The number of fused-ring (bicyclic) bond motifs is 1. The molecule has 3 rings (SSSR count). The number of hydrogen-bond acceptors (Lipinski definition) is 6. The third kappa shape index (κ3) is 3.52. The van der Waals surface area contributed by atoms with Crippen LogP contribution in [-0.4, -0.2) is 32.6 Å². The molecule has 0 unspecified atom stereocenters. The molecule has 0 radical (unpaired) electrons. The van der Waals surface area contributed by atoms with Crippen molar-refractivity contribution in [3.8, 4) is 11.5 Å². The van der Waals surface area contributed by atoms with Crippen molar-refractivity contribution in [3.63, 3.8) is 0 Å². The van der Waals surface area contributed by atoms with Crippen LogP contribution in [0.3, 0.4) is 0 Å². The van der Waals surface area contributed by atoms with Gasteiger partial charge in [-0.15, -0.1) is 11.3 Å². The molecule has 3 aromatic rings. The van der Waals surface area contributed by atoms with Crippen molar-refractivity contribution < 1.29 is 28.2 Å². The first kappa shape index (κ1) is 17.9. The van der Waals surface area contributed by atoms with Gasteiger partial charge in [0.05, 0.1) is 14.2 Å². The number of halogens is 1. The molecular weight excluding hydrogens is 359 g/mol. The molecule has 0 aliphatic carbocycles. The molecule has 1 aromatic heterocycles. The Morgan fingerprint density at radius 1 is 1.04 bits per heavy atom. The first-order valence-electron chi connectivity index (χ1n) is 7.64. The van der Waals surface area contributed by atoms with Crippen LogP contribution in [0.25, 0.3) is 10.1 Å². The maximum Gasteiger partial charge on any atom is 0.348 e. The van der Waals surface area contributed by atoms with Gasteiger partial charge < -0.3 is 14.2 Å². The Hall–Kier alpha value is -2.93. The van der Waals surface area contributed by atoms with Gasteiger partial charge in [-0.2, -0.15) is 0 Å². The molecule has 26 heavy (non-hydrogen) atoms. The van der Waals surface area contributed by atoms with Crippen molar-refractivity contribution in [2.24, 2.45) is 0 Å². The third-order valence-electron chi connectivity index (χ3n) is 3.75. The standard InChI is InChI=1S/C19H15FO5S/c1-23-15-7-6-11(8-16(15)24-2)14(21)10-25-19(22)18-9-12-13(20)4-3-5-17(12)26-18/h3-9H,10H2,1-2H3. The zero-order chi connectivity index (χ0) is 18.7. The van der Waals surface area contributed by atoms with E-state index in [9.17, 15) is 14.0 Å². The molecule has 2 aromatic carbocycles. The fourth-order valence-electron chi connectivity index (χ4n) is 2.42. The lowest BCUT2D eigenvalue weighted by molar-refractivity contribution is 0.0479. The Kier molecular flexibility index (Phi) is 5.18. The van der Waals surface area contributed by atoms with E-state index in [-0.39, 0.29) is 10.7 Å². The minimum absolute atomic E-state index is 0.241. The fraction of sp³-hybridized carbons (Fsp3) is 0.158. The quantitative estimate of drug-likeness (QED) is 0.480. The maximum absolute atomic E-state index is 13.7. The average Bonchev–Trinajstić information content (AvgIpc) is 3.11. The summed E-state index contributed by atoms with van der Waals surface area (Å²) >= 11 is 1.12. The molecule has 5 nitrogen and oxygen atoms in total. The summed E-state index contributed by atoms with van der Waals surface area (Å²) in [6, 6.07) is 10.7. The van der Waals surface area contributed by atoms with Crippen molar-refractivity contribution >= 4 is 33.2 Å². The number of hydrogen-bond donors (Lipinski definition) is 0. The van der Waals surface area contributed by atoms with E-state index in [2.05, 4.69) is 0 Å². The number of ether oxygens (including phenoxy) is 3. The molecule has 0 amide bonds. The predicted molar refractivity (Wildman–Crippen MR) is 95.9 cm³/mol. The summed E-state index contributed by atoms with van der Waals surface area (Å²) in [5.74, 6) is -0.553. The first-order valence-corrected chi connectivity index (χ1v) is 8.45. The summed E-state index contributed by atoms with van der Waals surface area (Å²) in [5.41, 5.74) is 0.331. The van der Waals surface area contributed by atoms with E-state index >= 15 is 0 Å². The molecule has 0 atom stereocenters. The molecule has 0 N–H and O–H groups in total. The first-order chi connectivity index (χ1) is 12.5. The van der Waals surface area contributed by atoms with Gasteiger partial charge in [-0.1, -0.05) is 6.07 Å². The second-order valence-electron chi connectivity index (χ2n) is 5.33. The summed E-state index contributed by atoms with van der Waals surface area (Å²) in [6.45, 7) is -0.426. The van der Waals surface area contributed by atoms with E-state index in [1.165, 1.54) is 32.4 Å². The highest BCUT2D eigenvalue weighted by Crippen LogP contribution is 2.29. The normalized spacial score (nSPS) is 10.6. The van der Waals surface area contributed by atoms with Gasteiger partial charge in [0.1, 0.15) is 10.7 Å². The molecule has 0 bridgehead atoms. The molecule has 0 spiro atoms. The van der Waals surface area contributed by atoms with Crippen molar-refractivity contribution in [1.82, 2.24) is 0 Å². The number of thiophene rings is 1. The van der Waals surface area contributed by atoms with E-state index in [0.717, 1.165) is 11.3 Å². The molecule has 7 heteroatoms. The topological polar surface area (TPSA) is 61.8 Å². The Morgan fingerprint density at radius 2 is 1.81 bits per heavy atom. The van der Waals surface area contributed by atoms with Crippen LogP contribution in [0.2, 0.25) is 0 Å². The Labute approximate surface area is 152 Å². The number of methoxy groups -OCH3 is 2. The highest BCUT2D eigenvalue weighted by Gasteiger charge is 2.17. The molecule has 0 saturated carbocycles. The van der Waals surface area contributed by atoms with E-state index in [0.29, 0.717) is 27.1 Å². The lowest BCUT2D eigenvalue weighted by Crippen LogP contribution is -2.13. The van der Waals surface area contributed by atoms with E-state index in [1.54, 1.807) is 24.3 Å². The number of carbonyl (C=O) groups is 2. The molecule has 0 aliphatic rings. The highest BCUT2D eigenvalue weighted by atomic mass is 32.1. The van der Waals surface area contributed by atoms with Gasteiger partial charge in [0.2, 0.25) is 0 Å². The lowest BCUT2D eigenvalue weighted by Gasteiger charge is -2.09. The highest BCUT2D eigenvalue weighted by molar-refractivity contribution is 7.20. The van der Waals surface area contributed by atoms with Gasteiger partial charge in [-0.05, 0) is 36.4 Å². The second-order valence-corrected chi connectivity index (χ2v) is 6.42. The monoisotopic (exact) mass is 374 g/mol. The number of esters is 1. The molecule has 1 heterocycles. The van der Waals surface area contributed by atoms with E-state index in [1.807, 2.05) is 0 Å². The molecule has 0 fully saturated rings. The smallest absolute Gasteiger partial charge is 0.348 e. The van der Waals surface area contributed by atoms with Crippen LogP contribution in [0, 0.1) is 5.82 Å². The molecule has 0 aliphatic heterocycles. The van der Waals surface area contributed by atoms with Crippen molar-refractivity contribution in [1.29, 1.82) is 0 Å². The fourth-order valence-corrected chi connectivity index (χ4v) is 3.39. The van der Waals surface area contributed by atoms with Gasteiger partial charge >= 0.3 is 5.97 Å². The van der Waals surface area contributed by atoms with Crippen LogP contribution in [-0.2, 0) is 4.74 Å². The Morgan fingerprint density at radius 3 is 2.50 bits per heavy atom. The van der Waals surface area contributed by atoms with Crippen molar-refractivity contribution in [2.75, 3.05) is 20.8 Å².